The standard InChI is InChI=1S/C66H90N10O8/c1-49(67-5)63(79)71-61(65(81)75-37-23-33-57(75)47-73(39-35-53-25-13-9-14-26-53)59(77)45-69-43-55-29-17-11-18-30-55)51(3)83-41-21-7-8-22-42-84-52(4)62(72-64(80)50(2)68-6)66(82)76-38-24-34-58(76)48-74(40-36-54-27-15-10-16-28-54)60(78)46-70-44-56-31-19-12-20-32-56/h9-20,25-32,49-50,52,57-58,61-62,67-70H,3,8,22-24,33-48H2,1-2,4-6H3,(H,71,79)(H,72,80)/t49-,50-,52+,57-,58-,61-,62-/m0/s1. The lowest BCUT2D eigenvalue weighted by molar-refractivity contribution is -0.143. The zero-order chi connectivity index (χ0) is 60.1. The van der Waals surface area contributed by atoms with E-state index < -0.39 is 36.2 Å². The third kappa shape index (κ3) is 21.3. The number of unbranched alkanes of at least 4 members (excludes halogenated alkanes) is 1. The average molecular weight is 1150 g/mol. The fraction of sp³-hybridized carbons (Fsp3) is 0.485. The first kappa shape index (κ1) is 65.7. The van der Waals surface area contributed by atoms with Gasteiger partial charge in [0.1, 0.15) is 18.4 Å². The van der Waals surface area contributed by atoms with E-state index in [1.54, 1.807) is 44.7 Å². The van der Waals surface area contributed by atoms with Crippen molar-refractivity contribution in [3.8, 4) is 11.8 Å². The summed E-state index contributed by atoms with van der Waals surface area (Å²) in [4.78, 5) is 91.0. The second kappa shape index (κ2) is 35.7. The number of ether oxygens (including phenoxy) is 2. The first-order valence-electron chi connectivity index (χ1n) is 29.8. The van der Waals surface area contributed by atoms with Crippen LogP contribution in [0, 0.1) is 11.8 Å². The lowest BCUT2D eigenvalue weighted by Gasteiger charge is -2.35. The Labute approximate surface area is 498 Å². The van der Waals surface area contributed by atoms with Crippen LogP contribution in [0.5, 0.6) is 0 Å². The number of nitrogens with zero attached hydrogens (tertiary/aromatic N) is 4. The predicted octanol–water partition coefficient (Wildman–Crippen LogP) is 4.60. The van der Waals surface area contributed by atoms with E-state index in [0.717, 1.165) is 35.1 Å². The van der Waals surface area contributed by atoms with Crippen molar-refractivity contribution in [1.82, 2.24) is 51.5 Å². The number of nitrogens with one attached hydrogen (secondary N) is 6. The SMILES string of the molecule is C=C(OCC#CCCCO[C@H](C)[C@H](NC(=O)[C@H](C)NC)C(=O)N1CCC[C@H]1CN(CCc1ccccc1)C(=O)CNCc1ccccc1)[C@H](NC(=O)[C@H](C)NC)C(=O)N1CCC[C@H]1CN(CCc1ccccc1)C(=O)CNCc1ccccc1. The summed E-state index contributed by atoms with van der Waals surface area (Å²) in [6.07, 6.45) is 4.42. The van der Waals surface area contributed by atoms with Crippen molar-refractivity contribution in [3.63, 3.8) is 0 Å². The van der Waals surface area contributed by atoms with Crippen LogP contribution < -0.4 is 31.9 Å². The van der Waals surface area contributed by atoms with Crippen molar-refractivity contribution in [2.75, 3.05) is 79.7 Å². The molecule has 0 bridgehead atoms. The fourth-order valence-corrected chi connectivity index (χ4v) is 10.3. The summed E-state index contributed by atoms with van der Waals surface area (Å²) >= 11 is 0. The highest BCUT2D eigenvalue weighted by Gasteiger charge is 2.40. The molecule has 84 heavy (non-hydrogen) atoms. The van der Waals surface area contributed by atoms with Gasteiger partial charge in [-0.25, -0.2) is 0 Å². The lowest BCUT2D eigenvalue weighted by Crippen LogP contribution is -2.59. The van der Waals surface area contributed by atoms with Gasteiger partial charge in [0.05, 0.1) is 31.3 Å². The summed E-state index contributed by atoms with van der Waals surface area (Å²) < 4.78 is 12.3. The minimum atomic E-state index is -1.21. The molecule has 4 aromatic carbocycles. The largest absolute Gasteiger partial charge is 0.483 e. The molecule has 0 radical (unpaired) electrons. The smallest absolute Gasteiger partial charge is 0.253 e. The van der Waals surface area contributed by atoms with Gasteiger partial charge in [-0.15, -0.1) is 0 Å². The lowest BCUT2D eigenvalue weighted by atomic mass is 10.1. The van der Waals surface area contributed by atoms with Crippen molar-refractivity contribution in [2.45, 2.75) is 128 Å². The van der Waals surface area contributed by atoms with E-state index in [2.05, 4.69) is 50.3 Å². The Kier molecular flexibility index (Phi) is 27.9. The topological polar surface area (TPSA) is 206 Å². The molecule has 0 spiro atoms. The second-order valence-electron chi connectivity index (χ2n) is 21.7. The first-order valence-corrected chi connectivity index (χ1v) is 29.8. The van der Waals surface area contributed by atoms with Crippen molar-refractivity contribution in [1.29, 1.82) is 0 Å². The molecule has 6 N–H and O–H groups in total. The Balaban J connectivity index is 1.03. The van der Waals surface area contributed by atoms with Crippen molar-refractivity contribution in [2.24, 2.45) is 0 Å². The van der Waals surface area contributed by atoms with Gasteiger partial charge in [0.15, 0.2) is 6.04 Å². The van der Waals surface area contributed by atoms with Gasteiger partial charge in [0, 0.05) is 77.5 Å². The van der Waals surface area contributed by atoms with Crippen LogP contribution in [0.2, 0.25) is 0 Å². The number of likely N-dealkylation sites (N-methyl/N-ethyl adjacent to an activating group) is 2. The minimum Gasteiger partial charge on any atom is -0.483 e. The molecule has 2 fully saturated rings. The highest BCUT2D eigenvalue weighted by Crippen LogP contribution is 2.24. The van der Waals surface area contributed by atoms with Gasteiger partial charge in [-0.3, -0.25) is 28.8 Å². The number of carbonyl (C=O) groups is 6. The van der Waals surface area contributed by atoms with Crippen molar-refractivity contribution >= 4 is 35.4 Å². The molecule has 4 aromatic rings. The average Bonchev–Trinajstić information content (AvgIpc) is 4.42. The van der Waals surface area contributed by atoms with E-state index in [9.17, 15) is 28.8 Å². The predicted molar refractivity (Wildman–Crippen MR) is 328 cm³/mol. The Morgan fingerprint density at radius 2 is 1.05 bits per heavy atom. The summed E-state index contributed by atoms with van der Waals surface area (Å²) in [5.41, 5.74) is 4.37. The highest BCUT2D eigenvalue weighted by molar-refractivity contribution is 5.92. The van der Waals surface area contributed by atoms with E-state index in [4.69, 9.17) is 9.47 Å². The maximum Gasteiger partial charge on any atom is 0.253 e. The molecular weight excluding hydrogens is 1060 g/mol. The third-order valence-corrected chi connectivity index (χ3v) is 15.6. The number of hydrogen-bond donors (Lipinski definition) is 6. The molecule has 452 valence electrons. The van der Waals surface area contributed by atoms with Gasteiger partial charge < -0.3 is 61.0 Å². The minimum absolute atomic E-state index is 0.0452. The molecule has 2 aliphatic heterocycles. The van der Waals surface area contributed by atoms with E-state index >= 15 is 0 Å². The summed E-state index contributed by atoms with van der Waals surface area (Å²) in [6.45, 7) is 13.4. The van der Waals surface area contributed by atoms with E-state index in [-0.39, 0.29) is 73.7 Å². The Morgan fingerprint density at radius 3 is 1.51 bits per heavy atom. The first-order chi connectivity index (χ1) is 40.8. The van der Waals surface area contributed by atoms with Crippen LogP contribution in [0.3, 0.4) is 0 Å². The van der Waals surface area contributed by atoms with Crippen LogP contribution in [0.15, 0.2) is 134 Å². The quantitative estimate of drug-likeness (QED) is 0.0216. The van der Waals surface area contributed by atoms with Crippen molar-refractivity contribution < 1.29 is 38.2 Å². The summed E-state index contributed by atoms with van der Waals surface area (Å²) in [7, 11) is 3.34. The van der Waals surface area contributed by atoms with Crippen LogP contribution in [-0.4, -0.2) is 177 Å². The second-order valence-corrected chi connectivity index (χ2v) is 21.7. The van der Waals surface area contributed by atoms with E-state index in [1.165, 1.54) is 0 Å². The molecule has 18 heteroatoms. The normalized spacial score (nSPS) is 16.5. The van der Waals surface area contributed by atoms with Gasteiger partial charge in [-0.2, -0.15) is 0 Å². The van der Waals surface area contributed by atoms with Gasteiger partial charge in [-0.05, 0) is 102 Å². The Bertz CT molecular complexity index is 2750. The van der Waals surface area contributed by atoms with Crippen LogP contribution in [0.4, 0.5) is 0 Å². The van der Waals surface area contributed by atoms with Crippen molar-refractivity contribution in [3.05, 3.63) is 156 Å². The molecule has 2 aliphatic rings. The van der Waals surface area contributed by atoms with Gasteiger partial charge >= 0.3 is 0 Å². The number of carbonyl (C=O) groups excluding carboxylic acids is 6. The monoisotopic (exact) mass is 1150 g/mol. The number of hydrogen-bond acceptors (Lipinski definition) is 12. The molecule has 2 saturated heterocycles. The molecule has 0 saturated carbocycles. The zero-order valence-corrected chi connectivity index (χ0v) is 50.0. The van der Waals surface area contributed by atoms with Gasteiger partial charge in [0.25, 0.3) is 5.91 Å². The zero-order valence-electron chi connectivity index (χ0n) is 50.0. The molecule has 6 amide bonds. The van der Waals surface area contributed by atoms with E-state index in [0.29, 0.717) is 90.9 Å². The number of benzene rings is 4. The molecule has 18 nitrogen and oxygen atoms in total. The molecule has 2 heterocycles. The van der Waals surface area contributed by atoms with Gasteiger partial charge in [0.2, 0.25) is 29.5 Å². The summed E-state index contributed by atoms with van der Waals surface area (Å²) in [5.74, 6) is 4.65. The van der Waals surface area contributed by atoms with Crippen LogP contribution >= 0.6 is 0 Å². The Hall–Kier alpha value is -7.40. The molecular formula is C66H90N10O8. The molecule has 7 atom stereocenters. The molecule has 0 unspecified atom stereocenters. The molecule has 0 aromatic heterocycles. The number of likely N-dealkylation sites (tertiary alicyclic amines) is 2. The number of amides is 6. The fourth-order valence-electron chi connectivity index (χ4n) is 10.3. The maximum atomic E-state index is 14.6. The summed E-state index contributed by atoms with van der Waals surface area (Å²) in [5, 5.41) is 18.3. The van der Waals surface area contributed by atoms with Gasteiger partial charge in [-0.1, -0.05) is 140 Å². The van der Waals surface area contributed by atoms with Crippen LogP contribution in [-0.2, 0) is 64.2 Å². The van der Waals surface area contributed by atoms with E-state index in [1.807, 2.05) is 131 Å². The molecule has 6 rings (SSSR count). The number of rotatable bonds is 34. The maximum absolute atomic E-state index is 14.6. The molecule has 0 aliphatic carbocycles. The van der Waals surface area contributed by atoms with Crippen LogP contribution in [0.1, 0.15) is 81.5 Å². The Morgan fingerprint density at radius 1 is 0.607 bits per heavy atom. The van der Waals surface area contributed by atoms with Crippen LogP contribution in [0.25, 0.3) is 0 Å². The highest BCUT2D eigenvalue weighted by atomic mass is 16.5. The third-order valence-electron chi connectivity index (χ3n) is 15.6. The summed E-state index contributed by atoms with van der Waals surface area (Å²) in [6, 6.07) is 35.9.